The summed E-state index contributed by atoms with van der Waals surface area (Å²) < 4.78 is 30.8. The van der Waals surface area contributed by atoms with Gasteiger partial charge in [-0.2, -0.15) is 12.5 Å². The Kier molecular flexibility index (Phi) is 4.19. The number of ether oxygens (including phenoxy) is 1. The lowest BCUT2D eigenvalue weighted by Gasteiger charge is -2.08. The van der Waals surface area contributed by atoms with E-state index in [9.17, 15) is 13.2 Å². The van der Waals surface area contributed by atoms with E-state index < -0.39 is 15.6 Å². The molecule has 0 fully saturated rings. The van der Waals surface area contributed by atoms with Crippen LogP contribution in [-0.4, -0.2) is 36.4 Å². The highest BCUT2D eigenvalue weighted by atomic mass is 32.2. The van der Waals surface area contributed by atoms with Crippen molar-refractivity contribution in [2.24, 2.45) is 0 Å². The number of nitrogens with one attached hydrogen (secondary N) is 1. The molecule has 1 aromatic carbocycles. The van der Waals surface area contributed by atoms with Gasteiger partial charge in [0.05, 0.1) is 17.7 Å². The van der Waals surface area contributed by atoms with E-state index in [2.05, 4.69) is 5.10 Å². The van der Waals surface area contributed by atoms with Crippen LogP contribution in [0.25, 0.3) is 0 Å². The highest BCUT2D eigenvalue weighted by Crippen LogP contribution is 2.19. The molecule has 1 aromatic heterocycles. The molecule has 0 radical (unpaired) electrons. The number of nitrogens with zero attached hydrogens (tertiary/aromatic N) is 1. The SMILES string of the molecule is COc1ccc(S(=O)(=O)n2[nH]c(=O)c(CCO)c2C)cc1. The smallest absolute Gasteiger partial charge is 0.281 e. The zero-order chi connectivity index (χ0) is 15.6. The molecule has 0 aliphatic carbocycles. The van der Waals surface area contributed by atoms with Crippen LogP contribution >= 0.6 is 0 Å². The number of aromatic amines is 1. The Balaban J connectivity index is 2.53. The Hall–Kier alpha value is -2.06. The highest BCUT2D eigenvalue weighted by molar-refractivity contribution is 7.89. The number of methoxy groups -OCH3 is 1. The van der Waals surface area contributed by atoms with Gasteiger partial charge in [0.2, 0.25) is 0 Å². The summed E-state index contributed by atoms with van der Waals surface area (Å²) in [5.74, 6) is 0.535. The minimum atomic E-state index is -3.89. The van der Waals surface area contributed by atoms with Crippen LogP contribution in [0, 0.1) is 6.92 Å². The second kappa shape index (κ2) is 5.74. The molecule has 7 nitrogen and oxygen atoms in total. The number of aliphatic hydroxyl groups is 1. The van der Waals surface area contributed by atoms with Crippen molar-refractivity contribution in [1.29, 1.82) is 0 Å². The lowest BCUT2D eigenvalue weighted by Crippen LogP contribution is -2.17. The molecule has 0 saturated carbocycles. The molecule has 0 atom stereocenters. The molecule has 114 valence electrons. The Morgan fingerprint density at radius 2 is 1.90 bits per heavy atom. The molecule has 0 aliphatic rings. The quantitative estimate of drug-likeness (QED) is 0.825. The summed E-state index contributed by atoms with van der Waals surface area (Å²) in [5, 5.41) is 11.2. The second-order valence-electron chi connectivity index (χ2n) is 4.42. The van der Waals surface area contributed by atoms with Gasteiger partial charge in [0, 0.05) is 18.6 Å². The van der Waals surface area contributed by atoms with Crippen LogP contribution < -0.4 is 10.3 Å². The van der Waals surface area contributed by atoms with Gasteiger partial charge in [0.25, 0.3) is 15.6 Å². The maximum atomic E-state index is 12.5. The summed E-state index contributed by atoms with van der Waals surface area (Å²) in [6, 6.07) is 5.85. The molecule has 0 aliphatic heterocycles. The molecule has 0 amide bonds. The van der Waals surface area contributed by atoms with Crippen molar-refractivity contribution in [1.82, 2.24) is 9.19 Å². The van der Waals surface area contributed by atoms with Gasteiger partial charge in [-0.15, -0.1) is 0 Å². The Morgan fingerprint density at radius 3 is 2.43 bits per heavy atom. The lowest BCUT2D eigenvalue weighted by molar-refractivity contribution is 0.299. The molecular weight excluding hydrogens is 296 g/mol. The molecule has 1 heterocycles. The number of benzene rings is 1. The predicted molar refractivity (Wildman–Crippen MR) is 76.2 cm³/mol. The molecule has 0 bridgehead atoms. The van der Waals surface area contributed by atoms with Crippen molar-refractivity contribution in [3.63, 3.8) is 0 Å². The zero-order valence-corrected chi connectivity index (χ0v) is 12.5. The van der Waals surface area contributed by atoms with Gasteiger partial charge in [-0.1, -0.05) is 0 Å². The Morgan fingerprint density at radius 1 is 1.29 bits per heavy atom. The number of aromatic nitrogens is 2. The first kappa shape index (κ1) is 15.3. The summed E-state index contributed by atoms with van der Waals surface area (Å²) >= 11 is 0. The van der Waals surface area contributed by atoms with Gasteiger partial charge < -0.3 is 9.84 Å². The maximum absolute atomic E-state index is 12.5. The van der Waals surface area contributed by atoms with Gasteiger partial charge in [-0.25, -0.2) is 5.10 Å². The summed E-state index contributed by atoms with van der Waals surface area (Å²) in [7, 11) is -2.41. The van der Waals surface area contributed by atoms with Crippen LogP contribution in [0.3, 0.4) is 0 Å². The summed E-state index contributed by atoms with van der Waals surface area (Å²) in [4.78, 5) is 11.8. The van der Waals surface area contributed by atoms with Crippen molar-refractivity contribution in [2.45, 2.75) is 18.2 Å². The Labute approximate surface area is 121 Å². The third kappa shape index (κ3) is 2.72. The minimum Gasteiger partial charge on any atom is -0.497 e. The van der Waals surface area contributed by atoms with E-state index in [1.807, 2.05) is 0 Å². The largest absolute Gasteiger partial charge is 0.497 e. The summed E-state index contributed by atoms with van der Waals surface area (Å²) in [5.41, 5.74) is 0.0121. The van der Waals surface area contributed by atoms with E-state index in [0.717, 1.165) is 4.09 Å². The zero-order valence-electron chi connectivity index (χ0n) is 11.7. The molecular formula is C13H16N2O5S. The molecule has 2 N–H and O–H groups in total. The molecule has 21 heavy (non-hydrogen) atoms. The van der Waals surface area contributed by atoms with Gasteiger partial charge in [-0.05, 0) is 31.2 Å². The third-order valence-electron chi connectivity index (χ3n) is 3.18. The second-order valence-corrected chi connectivity index (χ2v) is 6.21. The number of rotatable bonds is 5. The van der Waals surface area contributed by atoms with E-state index in [0.29, 0.717) is 5.75 Å². The topological polar surface area (TPSA) is 101 Å². The van der Waals surface area contributed by atoms with Crippen molar-refractivity contribution >= 4 is 10.0 Å². The van der Waals surface area contributed by atoms with E-state index in [4.69, 9.17) is 9.84 Å². The van der Waals surface area contributed by atoms with Crippen LogP contribution in [0.4, 0.5) is 0 Å². The molecule has 2 aromatic rings. The van der Waals surface area contributed by atoms with Crippen molar-refractivity contribution < 1.29 is 18.3 Å². The molecule has 2 rings (SSSR count). The Bertz CT molecular complexity index is 787. The van der Waals surface area contributed by atoms with Gasteiger partial charge in [0.1, 0.15) is 5.75 Å². The molecule has 0 saturated heterocycles. The summed E-state index contributed by atoms with van der Waals surface area (Å²) in [6.07, 6.45) is 0.103. The van der Waals surface area contributed by atoms with E-state index >= 15 is 0 Å². The van der Waals surface area contributed by atoms with Crippen molar-refractivity contribution in [3.8, 4) is 5.75 Å². The molecule has 0 unspecified atom stereocenters. The van der Waals surface area contributed by atoms with Crippen LogP contribution in [0.5, 0.6) is 5.75 Å². The fourth-order valence-electron chi connectivity index (χ4n) is 2.03. The average molecular weight is 312 g/mol. The van der Waals surface area contributed by atoms with Crippen LogP contribution in [-0.2, 0) is 16.4 Å². The normalized spacial score (nSPS) is 11.6. The standard InChI is InChI=1S/C13H16N2O5S/c1-9-12(7-8-16)13(17)14-15(9)21(18,19)11-5-3-10(20-2)4-6-11/h3-6,16H,7-8H2,1-2H3,(H,14,17). The first-order valence-electron chi connectivity index (χ1n) is 6.22. The van der Waals surface area contributed by atoms with Gasteiger partial charge in [0.15, 0.2) is 0 Å². The first-order chi connectivity index (χ1) is 9.91. The fraction of sp³-hybridized carbons (Fsp3) is 0.308. The number of hydrogen-bond acceptors (Lipinski definition) is 5. The lowest BCUT2D eigenvalue weighted by atomic mass is 10.2. The fourth-order valence-corrected chi connectivity index (χ4v) is 3.39. The third-order valence-corrected chi connectivity index (χ3v) is 4.89. The predicted octanol–water partition coefficient (Wildman–Crippen LogP) is 0.265. The molecule has 8 heteroatoms. The maximum Gasteiger partial charge on any atom is 0.281 e. The van der Waals surface area contributed by atoms with Crippen molar-refractivity contribution in [2.75, 3.05) is 13.7 Å². The van der Waals surface area contributed by atoms with Crippen molar-refractivity contribution in [3.05, 3.63) is 45.9 Å². The number of aliphatic hydroxyl groups excluding tert-OH is 1. The van der Waals surface area contributed by atoms with E-state index in [1.165, 1.54) is 38.3 Å². The van der Waals surface area contributed by atoms with Gasteiger partial charge in [-0.3, -0.25) is 4.79 Å². The van der Waals surface area contributed by atoms with Crippen LogP contribution in [0.15, 0.2) is 34.0 Å². The van der Waals surface area contributed by atoms with Crippen LogP contribution in [0.2, 0.25) is 0 Å². The highest BCUT2D eigenvalue weighted by Gasteiger charge is 2.22. The number of H-pyrrole nitrogens is 1. The van der Waals surface area contributed by atoms with E-state index in [1.54, 1.807) is 0 Å². The van der Waals surface area contributed by atoms with E-state index in [-0.39, 0.29) is 29.2 Å². The van der Waals surface area contributed by atoms with Gasteiger partial charge >= 0.3 is 0 Å². The van der Waals surface area contributed by atoms with Crippen LogP contribution in [0.1, 0.15) is 11.3 Å². The molecule has 0 spiro atoms. The summed E-state index contributed by atoms with van der Waals surface area (Å²) in [6.45, 7) is 1.29. The minimum absolute atomic E-state index is 0.0354. The average Bonchev–Trinajstić information content (AvgIpc) is 2.76. The first-order valence-corrected chi connectivity index (χ1v) is 7.66. The number of hydrogen-bond donors (Lipinski definition) is 2. The monoisotopic (exact) mass is 312 g/mol.